The molecule has 1 atom stereocenters. The third-order valence-electron chi connectivity index (χ3n) is 2.99. The molecule has 0 aliphatic rings. The molecule has 1 unspecified atom stereocenters. The minimum absolute atomic E-state index is 0.181. The monoisotopic (exact) mass is 308 g/mol. The molecule has 0 aromatic heterocycles. The van der Waals surface area contributed by atoms with E-state index in [1.165, 1.54) is 0 Å². The predicted molar refractivity (Wildman–Crippen MR) is 83.2 cm³/mol. The summed E-state index contributed by atoms with van der Waals surface area (Å²) in [4.78, 5) is 12.2. The van der Waals surface area contributed by atoms with Gasteiger partial charge < -0.3 is 11.1 Å². The van der Waals surface area contributed by atoms with Gasteiger partial charge >= 0.3 is 0 Å². The number of nitrogen functional groups attached to an aromatic ring is 1. The standard InChI is InChI=1S/C15H14Cl2N2O/c1-9(10-4-2-5-11(16)8-10)19-15(20)12-6-3-7-13(17)14(12)18/h2-9H,18H2,1H3,(H,19,20). The van der Waals surface area contributed by atoms with Crippen molar-refractivity contribution in [2.75, 3.05) is 5.73 Å². The first-order valence-corrected chi connectivity index (χ1v) is 6.85. The van der Waals surface area contributed by atoms with Crippen molar-refractivity contribution in [1.29, 1.82) is 0 Å². The lowest BCUT2D eigenvalue weighted by Gasteiger charge is -2.15. The van der Waals surface area contributed by atoms with Crippen LogP contribution in [0.2, 0.25) is 10.0 Å². The number of carbonyl (C=O) groups is 1. The van der Waals surface area contributed by atoms with E-state index < -0.39 is 0 Å². The smallest absolute Gasteiger partial charge is 0.253 e. The average molecular weight is 309 g/mol. The number of anilines is 1. The molecule has 5 heteroatoms. The summed E-state index contributed by atoms with van der Waals surface area (Å²) in [7, 11) is 0. The van der Waals surface area contributed by atoms with E-state index in [1.807, 2.05) is 25.1 Å². The van der Waals surface area contributed by atoms with Gasteiger partial charge in [-0.15, -0.1) is 0 Å². The molecule has 0 spiro atoms. The van der Waals surface area contributed by atoms with Crippen LogP contribution in [0.3, 0.4) is 0 Å². The second kappa shape index (κ2) is 6.16. The number of rotatable bonds is 3. The fourth-order valence-corrected chi connectivity index (χ4v) is 2.24. The third-order valence-corrected chi connectivity index (χ3v) is 3.56. The van der Waals surface area contributed by atoms with Crippen molar-refractivity contribution in [2.24, 2.45) is 0 Å². The number of carbonyl (C=O) groups excluding carboxylic acids is 1. The van der Waals surface area contributed by atoms with Crippen molar-refractivity contribution in [3.05, 3.63) is 63.6 Å². The number of hydrogen-bond donors (Lipinski definition) is 2. The Morgan fingerprint density at radius 3 is 2.60 bits per heavy atom. The van der Waals surface area contributed by atoms with Crippen molar-refractivity contribution in [3.63, 3.8) is 0 Å². The summed E-state index contributed by atoms with van der Waals surface area (Å²) in [6.45, 7) is 1.88. The Morgan fingerprint density at radius 1 is 1.20 bits per heavy atom. The molecule has 0 radical (unpaired) electrons. The summed E-state index contributed by atoms with van der Waals surface area (Å²) in [6, 6.07) is 12.1. The Morgan fingerprint density at radius 2 is 1.90 bits per heavy atom. The van der Waals surface area contributed by atoms with E-state index >= 15 is 0 Å². The van der Waals surface area contributed by atoms with E-state index in [1.54, 1.807) is 24.3 Å². The topological polar surface area (TPSA) is 55.1 Å². The van der Waals surface area contributed by atoms with Crippen molar-refractivity contribution >= 4 is 34.8 Å². The number of amides is 1. The summed E-state index contributed by atoms with van der Waals surface area (Å²) < 4.78 is 0. The number of benzene rings is 2. The van der Waals surface area contributed by atoms with Crippen LogP contribution in [0.15, 0.2) is 42.5 Å². The van der Waals surface area contributed by atoms with Crippen LogP contribution in [0.1, 0.15) is 28.9 Å². The molecule has 104 valence electrons. The molecule has 0 saturated heterocycles. The molecule has 0 heterocycles. The molecule has 2 aromatic carbocycles. The number of nitrogens with two attached hydrogens (primary N) is 1. The van der Waals surface area contributed by atoms with E-state index in [0.717, 1.165) is 5.56 Å². The van der Waals surface area contributed by atoms with Crippen molar-refractivity contribution in [2.45, 2.75) is 13.0 Å². The highest BCUT2D eigenvalue weighted by molar-refractivity contribution is 6.34. The van der Waals surface area contributed by atoms with Crippen LogP contribution >= 0.6 is 23.2 Å². The van der Waals surface area contributed by atoms with Gasteiger partial charge in [0.2, 0.25) is 0 Å². The Labute approximate surface area is 127 Å². The zero-order chi connectivity index (χ0) is 14.7. The lowest BCUT2D eigenvalue weighted by Crippen LogP contribution is -2.27. The minimum atomic E-state index is -0.266. The van der Waals surface area contributed by atoms with Crippen LogP contribution in [0, 0.1) is 0 Å². The zero-order valence-electron chi connectivity index (χ0n) is 10.9. The van der Waals surface area contributed by atoms with Crippen molar-refractivity contribution in [1.82, 2.24) is 5.32 Å². The Bertz CT molecular complexity index is 644. The second-order valence-electron chi connectivity index (χ2n) is 4.45. The van der Waals surface area contributed by atoms with Crippen LogP contribution in [0.25, 0.3) is 0 Å². The predicted octanol–water partition coefficient (Wildman–Crippen LogP) is 4.07. The van der Waals surface area contributed by atoms with Crippen molar-refractivity contribution in [3.8, 4) is 0 Å². The molecule has 3 nitrogen and oxygen atoms in total. The van der Waals surface area contributed by atoms with Crippen LogP contribution < -0.4 is 11.1 Å². The van der Waals surface area contributed by atoms with Gasteiger partial charge in [0.1, 0.15) is 0 Å². The maximum Gasteiger partial charge on any atom is 0.253 e. The van der Waals surface area contributed by atoms with Crippen molar-refractivity contribution < 1.29 is 4.79 Å². The molecule has 0 bridgehead atoms. The second-order valence-corrected chi connectivity index (χ2v) is 5.29. The van der Waals surface area contributed by atoms with Gasteiger partial charge in [-0.3, -0.25) is 4.79 Å². The Hall–Kier alpha value is -1.71. The van der Waals surface area contributed by atoms with Crippen LogP contribution in [0.4, 0.5) is 5.69 Å². The highest BCUT2D eigenvalue weighted by Gasteiger charge is 2.15. The molecule has 20 heavy (non-hydrogen) atoms. The number of nitrogens with one attached hydrogen (secondary N) is 1. The van der Waals surface area contributed by atoms with E-state index in [4.69, 9.17) is 28.9 Å². The SMILES string of the molecule is CC(NC(=O)c1cccc(Cl)c1N)c1cccc(Cl)c1. The highest BCUT2D eigenvalue weighted by atomic mass is 35.5. The summed E-state index contributed by atoms with van der Waals surface area (Å²) in [5.74, 6) is -0.266. The molecule has 0 fully saturated rings. The van der Waals surface area contributed by atoms with Gasteiger partial charge in [0.25, 0.3) is 5.91 Å². The fourth-order valence-electron chi connectivity index (χ4n) is 1.87. The van der Waals surface area contributed by atoms with Gasteiger partial charge in [0.05, 0.1) is 22.3 Å². The molecular formula is C15H14Cl2N2O. The van der Waals surface area contributed by atoms with Gasteiger partial charge in [-0.25, -0.2) is 0 Å². The van der Waals surface area contributed by atoms with Gasteiger partial charge in [0.15, 0.2) is 0 Å². The molecule has 2 rings (SSSR count). The van der Waals surface area contributed by atoms with Crippen LogP contribution in [-0.2, 0) is 0 Å². The van der Waals surface area contributed by atoms with Gasteiger partial charge in [-0.2, -0.15) is 0 Å². The average Bonchev–Trinajstić information content (AvgIpc) is 2.41. The number of halogens is 2. The lowest BCUT2D eigenvalue weighted by atomic mass is 10.1. The quantitative estimate of drug-likeness (QED) is 0.840. The number of para-hydroxylation sites is 1. The Balaban J connectivity index is 2.17. The van der Waals surface area contributed by atoms with E-state index in [9.17, 15) is 4.79 Å². The molecule has 3 N–H and O–H groups in total. The molecule has 0 aliphatic heterocycles. The number of hydrogen-bond acceptors (Lipinski definition) is 2. The van der Waals surface area contributed by atoms with Gasteiger partial charge in [-0.05, 0) is 36.8 Å². The highest BCUT2D eigenvalue weighted by Crippen LogP contribution is 2.23. The fraction of sp³-hybridized carbons (Fsp3) is 0.133. The molecule has 0 aliphatic carbocycles. The molecule has 1 amide bonds. The first kappa shape index (κ1) is 14.7. The first-order valence-electron chi connectivity index (χ1n) is 6.09. The molecule has 2 aromatic rings. The van der Waals surface area contributed by atoms with Gasteiger partial charge in [-0.1, -0.05) is 41.4 Å². The normalized spacial score (nSPS) is 11.9. The first-order chi connectivity index (χ1) is 9.49. The summed E-state index contributed by atoms with van der Waals surface area (Å²) in [5.41, 5.74) is 7.38. The summed E-state index contributed by atoms with van der Waals surface area (Å²) in [6.07, 6.45) is 0. The van der Waals surface area contributed by atoms with E-state index in [2.05, 4.69) is 5.32 Å². The summed E-state index contributed by atoms with van der Waals surface area (Å²) in [5, 5.41) is 3.87. The molecule has 0 saturated carbocycles. The maximum atomic E-state index is 12.2. The minimum Gasteiger partial charge on any atom is -0.397 e. The zero-order valence-corrected chi connectivity index (χ0v) is 12.4. The largest absolute Gasteiger partial charge is 0.397 e. The van der Waals surface area contributed by atoms with Gasteiger partial charge in [0, 0.05) is 5.02 Å². The van der Waals surface area contributed by atoms with Crippen LogP contribution in [0.5, 0.6) is 0 Å². The summed E-state index contributed by atoms with van der Waals surface area (Å²) >= 11 is 11.8. The molecular weight excluding hydrogens is 295 g/mol. The van der Waals surface area contributed by atoms with E-state index in [-0.39, 0.29) is 17.6 Å². The maximum absolute atomic E-state index is 12.2. The lowest BCUT2D eigenvalue weighted by molar-refractivity contribution is 0.0941. The van der Waals surface area contributed by atoms with E-state index in [0.29, 0.717) is 15.6 Å². The Kier molecular flexibility index (Phi) is 4.53. The van der Waals surface area contributed by atoms with Crippen LogP contribution in [-0.4, -0.2) is 5.91 Å². The third kappa shape index (κ3) is 3.24.